The summed E-state index contributed by atoms with van der Waals surface area (Å²) in [6.45, 7) is 13.2. The van der Waals surface area contributed by atoms with E-state index in [4.69, 9.17) is 0 Å². The van der Waals surface area contributed by atoms with Crippen LogP contribution in [-0.4, -0.2) is 29.3 Å². The number of benzene rings is 4. The van der Waals surface area contributed by atoms with Gasteiger partial charge in [-0.25, -0.2) is 0 Å². The third-order valence-electron chi connectivity index (χ3n) is 10.0. The van der Waals surface area contributed by atoms with E-state index in [0.29, 0.717) is 6.42 Å². The van der Waals surface area contributed by atoms with Crippen molar-refractivity contribution >= 4 is 44.6 Å². The maximum Gasteiger partial charge on any atom is 0.299 e. The number of allylic oxidation sites excluding steroid dienone is 8. The fourth-order valence-corrected chi connectivity index (χ4v) is 7.84. The summed E-state index contributed by atoms with van der Waals surface area (Å²) >= 11 is 0. The fraction of sp³-hybridized carbons (Fsp3) is 0.302. The molecule has 6 rings (SSSR count). The van der Waals surface area contributed by atoms with Crippen molar-refractivity contribution in [2.24, 2.45) is 0 Å². The first-order chi connectivity index (χ1) is 23.2. The predicted molar refractivity (Wildman–Crippen MR) is 197 cm³/mol. The Morgan fingerprint density at radius 1 is 0.792 bits per heavy atom. The van der Waals surface area contributed by atoms with Crippen LogP contribution in [0.15, 0.2) is 121 Å². The van der Waals surface area contributed by atoms with Crippen LogP contribution in [0.3, 0.4) is 0 Å². The zero-order chi connectivity index (χ0) is 33.9. The molecule has 2 aliphatic rings. The molecule has 0 spiro atoms. The Balaban J connectivity index is 1.24. The molecule has 2 aliphatic heterocycles. The highest BCUT2D eigenvalue weighted by Crippen LogP contribution is 2.51. The molecule has 2 heterocycles. The molecule has 0 aliphatic carbocycles. The molecule has 4 aromatic carbocycles. The Morgan fingerprint density at radius 2 is 1.44 bits per heavy atom. The Morgan fingerprint density at radius 3 is 2.15 bits per heavy atom. The van der Waals surface area contributed by atoms with Gasteiger partial charge in [0, 0.05) is 53.9 Å². The van der Waals surface area contributed by atoms with Gasteiger partial charge in [0.15, 0.2) is 5.71 Å². The maximum absolute atomic E-state index is 11.4. The first kappa shape index (κ1) is 33.2. The summed E-state index contributed by atoms with van der Waals surface area (Å²) < 4.78 is 2.49. The van der Waals surface area contributed by atoms with Gasteiger partial charge in [-0.3, -0.25) is 4.79 Å². The van der Waals surface area contributed by atoms with E-state index in [-0.39, 0.29) is 17.3 Å². The number of unbranched alkanes of at least 4 members (excludes halogenated alkanes) is 1. The van der Waals surface area contributed by atoms with Crippen molar-refractivity contribution < 1.29 is 19.5 Å². The van der Waals surface area contributed by atoms with Gasteiger partial charge in [-0.05, 0) is 72.0 Å². The predicted octanol–water partition coefficient (Wildman–Crippen LogP) is 9.12. The number of hydrogen-bond donors (Lipinski definition) is 0. The van der Waals surface area contributed by atoms with E-state index in [2.05, 4.69) is 164 Å². The second kappa shape index (κ2) is 13.8. The van der Waals surface area contributed by atoms with Gasteiger partial charge in [0.2, 0.25) is 5.69 Å². The molecule has 0 unspecified atom stereocenters. The minimum atomic E-state index is -0.700. The lowest BCUT2D eigenvalue weighted by Gasteiger charge is -2.27. The number of anilines is 1. The topological polar surface area (TPSA) is 55.6 Å². The van der Waals surface area contributed by atoms with Crippen LogP contribution in [0, 0.1) is 0 Å². The number of carbonyl (C=O) groups is 1. The van der Waals surface area contributed by atoms with Gasteiger partial charge in [-0.1, -0.05) is 106 Å². The van der Waals surface area contributed by atoms with Gasteiger partial charge in [0.25, 0.3) is 5.97 Å². The average Bonchev–Trinajstić information content (AvgIpc) is 3.44. The van der Waals surface area contributed by atoms with E-state index in [1.54, 1.807) is 0 Å². The molecule has 0 aromatic heterocycles. The molecule has 48 heavy (non-hydrogen) atoms. The largest absolute Gasteiger partial charge is 0.662 e. The summed E-state index contributed by atoms with van der Waals surface area (Å²) in [5.41, 5.74) is 7.45. The molecule has 0 bridgehead atoms. The molecule has 246 valence electrons. The summed E-state index contributed by atoms with van der Waals surface area (Å²) in [5, 5.41) is 15.6. The number of nitrogens with zero attached hydrogens (tertiary/aromatic N) is 2. The Labute approximate surface area is 284 Å². The minimum Gasteiger partial charge on any atom is -0.662 e. The van der Waals surface area contributed by atoms with Gasteiger partial charge in [0.1, 0.15) is 6.54 Å². The van der Waals surface area contributed by atoms with Crippen LogP contribution in [0.1, 0.15) is 71.4 Å². The van der Waals surface area contributed by atoms with E-state index in [9.17, 15) is 10.1 Å². The van der Waals surface area contributed by atoms with E-state index in [1.165, 1.54) is 55.5 Å². The van der Waals surface area contributed by atoms with Crippen LogP contribution in [0.5, 0.6) is 0 Å². The van der Waals surface area contributed by atoms with Crippen molar-refractivity contribution in [3.8, 4) is 0 Å². The van der Waals surface area contributed by atoms with E-state index < -0.39 is 5.97 Å². The molecule has 4 aromatic rings. The van der Waals surface area contributed by atoms with Gasteiger partial charge in [-0.15, -0.1) is 0 Å². The van der Waals surface area contributed by atoms with Gasteiger partial charge in [0.05, 0.1) is 5.41 Å². The van der Waals surface area contributed by atoms with Gasteiger partial charge < -0.3 is 15.0 Å². The molecule has 0 saturated heterocycles. The lowest BCUT2D eigenvalue weighted by Crippen LogP contribution is -2.28. The fourth-order valence-electron chi connectivity index (χ4n) is 7.84. The second-order valence-electron chi connectivity index (χ2n) is 13.9. The molecular formula is C43H46N2O3. The lowest BCUT2D eigenvalue weighted by molar-refractivity contribution is -0.657. The molecule has 0 fully saturated rings. The van der Waals surface area contributed by atoms with Crippen molar-refractivity contribution in [2.75, 3.05) is 18.0 Å². The molecule has 0 amide bonds. The van der Waals surface area contributed by atoms with Crippen LogP contribution in [-0.2, 0) is 20.5 Å². The summed E-state index contributed by atoms with van der Waals surface area (Å²) in [6, 6.07) is 26.2. The first-order valence-corrected chi connectivity index (χ1v) is 17.2. The first-order valence-electron chi connectivity index (χ1n) is 17.2. The van der Waals surface area contributed by atoms with Crippen molar-refractivity contribution in [3.05, 3.63) is 132 Å². The van der Waals surface area contributed by atoms with Crippen molar-refractivity contribution in [1.82, 2.24) is 0 Å². The Bertz CT molecular complexity index is 2010. The lowest BCUT2D eigenvalue weighted by atomic mass is 9.79. The standard InChI is InChI=1S/C43H46N2O3/c1-6-29-44-35-27-25-31-18-12-14-20-33(31)40(35)42(2,3)37(44)22-10-8-7-9-11-23-38-43(4,5)41-34-21-15-13-19-32(34)26-28-36(41)45(38)30-17-16-24-39(46)48-47/h7-15,18-23,25-28H,6,16-17,24,29-30H2,1-5H3. The number of carbonyl (C=O) groups excluding carboxylic acids is 1. The number of hydrogen-bond acceptors (Lipinski definition) is 4. The normalized spacial score (nSPS) is 17.5. The molecule has 0 N–H and O–H groups in total. The smallest absolute Gasteiger partial charge is 0.299 e. The highest BCUT2D eigenvalue weighted by Gasteiger charge is 2.45. The monoisotopic (exact) mass is 638 g/mol. The van der Waals surface area contributed by atoms with Crippen LogP contribution in [0.2, 0.25) is 0 Å². The van der Waals surface area contributed by atoms with Crippen molar-refractivity contribution in [3.63, 3.8) is 0 Å². The summed E-state index contributed by atoms with van der Waals surface area (Å²) in [5.74, 6) is -0.700. The van der Waals surface area contributed by atoms with Crippen LogP contribution in [0.4, 0.5) is 11.4 Å². The van der Waals surface area contributed by atoms with E-state index >= 15 is 0 Å². The molecule has 5 heteroatoms. The van der Waals surface area contributed by atoms with Crippen LogP contribution >= 0.6 is 0 Å². The highest BCUT2D eigenvalue weighted by atomic mass is 17.1. The third kappa shape index (κ3) is 6.04. The second-order valence-corrected chi connectivity index (χ2v) is 13.9. The molecule has 0 radical (unpaired) electrons. The van der Waals surface area contributed by atoms with Crippen molar-refractivity contribution in [1.29, 1.82) is 0 Å². The van der Waals surface area contributed by atoms with Gasteiger partial charge in [-0.2, -0.15) is 4.58 Å². The summed E-state index contributed by atoms with van der Waals surface area (Å²) in [6.07, 6.45) is 17.6. The number of rotatable bonds is 11. The third-order valence-corrected chi connectivity index (χ3v) is 10.0. The van der Waals surface area contributed by atoms with E-state index in [0.717, 1.165) is 25.9 Å². The molecule has 5 nitrogen and oxygen atoms in total. The molecule has 0 atom stereocenters. The number of fused-ring (bicyclic) bond motifs is 6. The summed E-state index contributed by atoms with van der Waals surface area (Å²) in [7, 11) is 0. The zero-order valence-corrected chi connectivity index (χ0v) is 28.8. The SMILES string of the molecule is CCC[N+]1=C(C=CC=CC=CC=C2N(CCCCC(=O)O[O-])c3ccc4ccccc4c3C2(C)C)C(C)(C)c2c1ccc1ccccc21. The van der Waals surface area contributed by atoms with Gasteiger partial charge >= 0.3 is 0 Å². The van der Waals surface area contributed by atoms with Crippen molar-refractivity contribution in [2.45, 2.75) is 71.1 Å². The zero-order valence-electron chi connectivity index (χ0n) is 28.8. The van der Waals surface area contributed by atoms with Crippen LogP contribution < -0.4 is 10.2 Å². The molecular weight excluding hydrogens is 592 g/mol. The summed E-state index contributed by atoms with van der Waals surface area (Å²) in [4.78, 5) is 17.4. The van der Waals surface area contributed by atoms with Crippen LogP contribution in [0.25, 0.3) is 21.5 Å². The highest BCUT2D eigenvalue weighted by molar-refractivity contribution is 6.07. The average molecular weight is 639 g/mol. The maximum atomic E-state index is 11.4. The molecule has 0 saturated carbocycles. The Hall–Kier alpha value is -4.74. The van der Waals surface area contributed by atoms with E-state index in [1.807, 2.05) is 0 Å². The Kier molecular flexibility index (Phi) is 9.52. The minimum absolute atomic E-state index is 0.109. The quantitative estimate of drug-likeness (QED) is 0.0541.